The highest BCUT2D eigenvalue weighted by atomic mass is 16.1. The molecule has 1 N–H and O–H groups in total. The first-order chi connectivity index (χ1) is 18.2. The number of aliphatic imine (C=N–C) groups is 2. The molecule has 0 bridgehead atoms. The highest BCUT2D eigenvalue weighted by Gasteiger charge is 2.07. The van der Waals surface area contributed by atoms with E-state index in [9.17, 15) is 9.59 Å². The van der Waals surface area contributed by atoms with Crippen molar-refractivity contribution in [2.75, 3.05) is 7.05 Å². The molecule has 0 aliphatic carbocycles. The van der Waals surface area contributed by atoms with Crippen LogP contribution in [0.15, 0.2) is 94.4 Å². The highest BCUT2D eigenvalue weighted by Crippen LogP contribution is 2.17. The van der Waals surface area contributed by atoms with Crippen molar-refractivity contribution in [1.82, 2.24) is 5.32 Å². The summed E-state index contributed by atoms with van der Waals surface area (Å²) in [5.74, 6) is 0.550. The minimum atomic E-state index is -0.125. The number of rotatable bonds is 7. The molecule has 0 unspecified atom stereocenters. The van der Waals surface area contributed by atoms with Crippen molar-refractivity contribution in [1.29, 1.82) is 0 Å². The number of nitrogens with one attached hydrogen (secondary N) is 1. The molecular formula is C33H39N3O2. The molecule has 3 aromatic rings. The third-order valence-corrected chi connectivity index (χ3v) is 6.08. The Labute approximate surface area is 227 Å². The minimum absolute atomic E-state index is 0.0813. The molecule has 0 heterocycles. The zero-order valence-corrected chi connectivity index (χ0v) is 23.6. The van der Waals surface area contributed by atoms with Gasteiger partial charge >= 0.3 is 0 Å². The van der Waals surface area contributed by atoms with Gasteiger partial charge in [0, 0.05) is 12.6 Å². The Bertz CT molecular complexity index is 1350. The zero-order chi connectivity index (χ0) is 28.1. The van der Waals surface area contributed by atoms with Crippen LogP contribution >= 0.6 is 0 Å². The fourth-order valence-corrected chi connectivity index (χ4v) is 3.60. The van der Waals surface area contributed by atoms with E-state index in [0.29, 0.717) is 11.4 Å². The number of nitrogens with zero attached hydrogens (tertiary/aromatic N) is 2. The summed E-state index contributed by atoms with van der Waals surface area (Å²) in [5, 5.41) is 2.83. The van der Waals surface area contributed by atoms with Crippen molar-refractivity contribution < 1.29 is 9.59 Å². The molecule has 1 amide bonds. The maximum Gasteiger partial charge on any atom is 0.256 e. The Hall–Kier alpha value is -4.12. The van der Waals surface area contributed by atoms with Gasteiger partial charge in [0.15, 0.2) is 5.78 Å². The van der Waals surface area contributed by atoms with Crippen LogP contribution in [0.25, 0.3) is 0 Å². The lowest BCUT2D eigenvalue weighted by atomic mass is 10.0. The van der Waals surface area contributed by atoms with Gasteiger partial charge in [0.25, 0.3) is 5.91 Å². The number of carbonyl (C=O) groups is 2. The molecule has 0 atom stereocenters. The van der Waals surface area contributed by atoms with Gasteiger partial charge in [0.2, 0.25) is 0 Å². The van der Waals surface area contributed by atoms with E-state index in [2.05, 4.69) is 41.3 Å². The first-order valence-corrected chi connectivity index (χ1v) is 12.9. The monoisotopic (exact) mass is 509 g/mol. The summed E-state index contributed by atoms with van der Waals surface area (Å²) < 4.78 is 0. The van der Waals surface area contributed by atoms with E-state index in [1.54, 1.807) is 20.9 Å². The lowest BCUT2D eigenvalue weighted by Crippen LogP contribution is -2.28. The number of amidine groups is 1. The van der Waals surface area contributed by atoms with Crippen molar-refractivity contribution in [3.63, 3.8) is 0 Å². The fourth-order valence-electron chi connectivity index (χ4n) is 3.60. The third-order valence-electron chi connectivity index (χ3n) is 6.08. The van der Waals surface area contributed by atoms with Crippen LogP contribution in [-0.2, 0) is 17.6 Å². The summed E-state index contributed by atoms with van der Waals surface area (Å²) in [4.78, 5) is 32.1. The molecule has 0 aliphatic heterocycles. The number of allylic oxidation sites excluding steroid dienone is 2. The van der Waals surface area contributed by atoms with E-state index in [4.69, 9.17) is 0 Å². The molecule has 0 saturated heterocycles. The van der Waals surface area contributed by atoms with Crippen LogP contribution in [0, 0.1) is 6.92 Å². The first kappa shape index (κ1) is 30.1. The average Bonchev–Trinajstić information content (AvgIpc) is 2.93. The summed E-state index contributed by atoms with van der Waals surface area (Å²) in [5.41, 5.74) is 7.69. The number of hydrogen-bond acceptors (Lipinski definition) is 4. The lowest BCUT2D eigenvalue weighted by molar-refractivity contribution is -0.113. The van der Waals surface area contributed by atoms with E-state index in [-0.39, 0.29) is 11.7 Å². The quantitative estimate of drug-likeness (QED) is 0.207. The van der Waals surface area contributed by atoms with Crippen LogP contribution in [0.3, 0.4) is 0 Å². The second-order valence-electron chi connectivity index (χ2n) is 9.04. The molecule has 0 saturated carbocycles. The number of hydrogen-bond donors (Lipinski definition) is 1. The molecule has 0 aromatic heterocycles. The van der Waals surface area contributed by atoms with Gasteiger partial charge in [-0.1, -0.05) is 62.4 Å². The van der Waals surface area contributed by atoms with Gasteiger partial charge < -0.3 is 5.32 Å². The molecule has 0 aliphatic rings. The van der Waals surface area contributed by atoms with E-state index in [0.717, 1.165) is 46.5 Å². The largest absolute Gasteiger partial charge is 0.310 e. The predicted octanol–water partition coefficient (Wildman–Crippen LogP) is 7.24. The van der Waals surface area contributed by atoms with Crippen LogP contribution in [0.2, 0.25) is 0 Å². The van der Waals surface area contributed by atoms with Crippen LogP contribution in [-0.4, -0.2) is 30.3 Å². The van der Waals surface area contributed by atoms with Gasteiger partial charge in [-0.2, -0.15) is 0 Å². The van der Waals surface area contributed by atoms with Crippen LogP contribution in [0.1, 0.15) is 67.2 Å². The maximum absolute atomic E-state index is 12.2. The van der Waals surface area contributed by atoms with E-state index >= 15 is 0 Å². The molecule has 3 rings (SSSR count). The number of aryl methyl sites for hydroxylation is 3. The Balaban J connectivity index is 0.000000273. The summed E-state index contributed by atoms with van der Waals surface area (Å²) >= 11 is 0. The normalized spacial score (nSPS) is 11.9. The third kappa shape index (κ3) is 9.40. The van der Waals surface area contributed by atoms with Crippen molar-refractivity contribution in [3.8, 4) is 0 Å². The molecule has 0 radical (unpaired) electrons. The Morgan fingerprint density at radius 1 is 0.816 bits per heavy atom. The van der Waals surface area contributed by atoms with Crippen molar-refractivity contribution >= 4 is 28.9 Å². The van der Waals surface area contributed by atoms with E-state index in [1.807, 2.05) is 80.6 Å². The molecule has 0 spiro atoms. The van der Waals surface area contributed by atoms with Crippen LogP contribution in [0.5, 0.6) is 0 Å². The minimum Gasteiger partial charge on any atom is -0.310 e. The standard InChI is InChI=1S/C18H20N2O.C15H19NO/c1-4-15-9-7-10-16(12-15)18(21)20-14(3)19-17-11-6-5-8-13(17)2;1-5-13-7-6-8-14(10-13)15(16-4)9-11(2)12(3)17/h5-12H,4H2,1-3H3,(H,19,20,21);6-10H,5H2,1-4H3/b;11-9-,16-15?. The molecule has 0 fully saturated rings. The Kier molecular flexibility index (Phi) is 12.0. The van der Waals surface area contributed by atoms with Crippen molar-refractivity contribution in [2.45, 2.75) is 54.4 Å². The van der Waals surface area contributed by atoms with Crippen molar-refractivity contribution in [3.05, 3.63) is 112 Å². The summed E-state index contributed by atoms with van der Waals surface area (Å²) in [7, 11) is 1.75. The predicted molar refractivity (Wildman–Crippen MR) is 160 cm³/mol. The molecule has 5 nitrogen and oxygen atoms in total. The number of para-hydroxylation sites is 1. The van der Waals surface area contributed by atoms with Gasteiger partial charge in [0.1, 0.15) is 5.84 Å². The summed E-state index contributed by atoms with van der Waals surface area (Å²) in [6.45, 7) is 11.4. The van der Waals surface area contributed by atoms with Gasteiger partial charge in [-0.05, 0) is 98.7 Å². The van der Waals surface area contributed by atoms with Gasteiger partial charge in [-0.3, -0.25) is 14.6 Å². The summed E-state index contributed by atoms with van der Waals surface area (Å²) in [6, 6.07) is 23.7. The molecule has 3 aromatic carbocycles. The molecular weight excluding hydrogens is 470 g/mol. The average molecular weight is 510 g/mol. The first-order valence-electron chi connectivity index (χ1n) is 12.9. The summed E-state index contributed by atoms with van der Waals surface area (Å²) in [6.07, 6.45) is 3.76. The lowest BCUT2D eigenvalue weighted by Gasteiger charge is -2.07. The smallest absolute Gasteiger partial charge is 0.256 e. The zero-order valence-electron chi connectivity index (χ0n) is 23.6. The highest BCUT2D eigenvalue weighted by molar-refractivity contribution is 6.12. The van der Waals surface area contributed by atoms with Gasteiger partial charge in [0.05, 0.1) is 11.4 Å². The number of benzene rings is 3. The Morgan fingerprint density at radius 2 is 1.39 bits per heavy atom. The topological polar surface area (TPSA) is 70.9 Å². The number of Topliss-reactive ketones (excluding diaryl/α,β-unsaturated/α-hetero) is 1. The molecule has 38 heavy (non-hydrogen) atoms. The number of ketones is 1. The van der Waals surface area contributed by atoms with E-state index < -0.39 is 0 Å². The van der Waals surface area contributed by atoms with Gasteiger partial charge in [-0.15, -0.1) is 0 Å². The second kappa shape index (κ2) is 15.2. The fraction of sp³-hybridized carbons (Fsp3) is 0.273. The number of carbonyl (C=O) groups excluding carboxylic acids is 2. The Morgan fingerprint density at radius 3 is 1.95 bits per heavy atom. The van der Waals surface area contributed by atoms with Gasteiger partial charge in [-0.25, -0.2) is 4.99 Å². The van der Waals surface area contributed by atoms with Crippen LogP contribution < -0.4 is 5.32 Å². The molecule has 5 heteroatoms. The SMILES string of the molecule is CCc1cccc(C(/C=C(/C)C(C)=O)=NC)c1.CCc1cccc(C(=O)NC(C)=Nc2ccccc2C)c1. The number of amides is 1. The maximum atomic E-state index is 12.2. The van der Waals surface area contributed by atoms with Crippen molar-refractivity contribution in [2.24, 2.45) is 9.98 Å². The molecule has 198 valence electrons. The van der Waals surface area contributed by atoms with E-state index in [1.165, 1.54) is 5.56 Å². The van der Waals surface area contributed by atoms with Crippen LogP contribution in [0.4, 0.5) is 5.69 Å². The second-order valence-corrected chi connectivity index (χ2v) is 9.04.